The zero-order chi connectivity index (χ0) is 16.6. The molecule has 1 aliphatic heterocycles. The lowest BCUT2D eigenvalue weighted by Crippen LogP contribution is -2.53. The highest BCUT2D eigenvalue weighted by Gasteiger charge is 2.48. The number of thiazole rings is 1. The topological polar surface area (TPSA) is 33.2 Å². The van der Waals surface area contributed by atoms with Crippen molar-refractivity contribution in [2.45, 2.75) is 43.4 Å². The second-order valence-electron chi connectivity index (χ2n) is 6.90. The third-order valence-electron chi connectivity index (χ3n) is 5.52. The zero-order valence-electron chi connectivity index (χ0n) is 13.6. The average Bonchev–Trinajstić information content (AvgIpc) is 3.10. The molecule has 1 aromatic carbocycles. The van der Waals surface area contributed by atoms with Crippen LogP contribution in [0.25, 0.3) is 0 Å². The van der Waals surface area contributed by atoms with Crippen LogP contribution in [0.15, 0.2) is 40.3 Å². The molecule has 0 radical (unpaired) electrons. The van der Waals surface area contributed by atoms with E-state index in [1.54, 1.807) is 11.3 Å². The summed E-state index contributed by atoms with van der Waals surface area (Å²) in [6, 6.07) is 8.33. The van der Waals surface area contributed by atoms with E-state index in [1.165, 1.54) is 10.6 Å². The molecule has 0 N–H and O–H groups in total. The van der Waals surface area contributed by atoms with Crippen molar-refractivity contribution in [3.8, 4) is 0 Å². The van der Waals surface area contributed by atoms with E-state index in [0.717, 1.165) is 49.7 Å². The van der Waals surface area contributed by atoms with E-state index in [2.05, 4.69) is 50.1 Å². The van der Waals surface area contributed by atoms with Gasteiger partial charge < -0.3 is 4.90 Å². The predicted molar refractivity (Wildman–Crippen MR) is 100 cm³/mol. The first-order valence-corrected chi connectivity index (χ1v) is 10.3. The average molecular weight is 405 g/mol. The maximum absolute atomic E-state index is 13.4. The molecule has 1 amide bonds. The number of hydrogen-bond acceptors (Lipinski definition) is 3. The van der Waals surface area contributed by atoms with Crippen LogP contribution in [0.1, 0.15) is 48.6 Å². The highest BCUT2D eigenvalue weighted by atomic mass is 79.9. The Bertz CT molecular complexity index is 709. The van der Waals surface area contributed by atoms with Crippen molar-refractivity contribution in [1.29, 1.82) is 0 Å². The molecular weight excluding hydrogens is 384 g/mol. The van der Waals surface area contributed by atoms with Crippen molar-refractivity contribution >= 4 is 33.2 Å². The molecule has 1 saturated heterocycles. The summed E-state index contributed by atoms with van der Waals surface area (Å²) in [5.41, 5.74) is 0.893. The van der Waals surface area contributed by atoms with Gasteiger partial charge in [0.2, 0.25) is 5.91 Å². The number of piperidine rings is 1. The van der Waals surface area contributed by atoms with Gasteiger partial charge in [0.1, 0.15) is 0 Å². The lowest BCUT2D eigenvalue weighted by atomic mass is 9.63. The maximum Gasteiger partial charge on any atom is 0.233 e. The number of halogens is 1. The molecular formula is C19H21BrN2OS. The third kappa shape index (κ3) is 2.82. The van der Waals surface area contributed by atoms with E-state index < -0.39 is 0 Å². The van der Waals surface area contributed by atoms with Crippen molar-refractivity contribution in [3.05, 3.63) is 50.9 Å². The van der Waals surface area contributed by atoms with Crippen LogP contribution in [0.4, 0.5) is 0 Å². The van der Waals surface area contributed by atoms with Crippen LogP contribution in [0.5, 0.6) is 0 Å². The van der Waals surface area contributed by atoms with Gasteiger partial charge in [0.15, 0.2) is 0 Å². The van der Waals surface area contributed by atoms with Gasteiger partial charge in [-0.05, 0) is 43.4 Å². The van der Waals surface area contributed by atoms with Crippen LogP contribution in [0.2, 0.25) is 0 Å². The number of aromatic nitrogens is 1. The first-order chi connectivity index (χ1) is 11.7. The van der Waals surface area contributed by atoms with E-state index in [-0.39, 0.29) is 5.41 Å². The summed E-state index contributed by atoms with van der Waals surface area (Å²) in [6.07, 6.45) is 7.19. The molecule has 1 aromatic heterocycles. The molecule has 2 fully saturated rings. The van der Waals surface area contributed by atoms with Crippen molar-refractivity contribution in [2.24, 2.45) is 0 Å². The largest absolute Gasteiger partial charge is 0.341 e. The molecule has 4 rings (SSSR count). The summed E-state index contributed by atoms with van der Waals surface area (Å²) in [6.45, 7) is 1.71. The smallest absolute Gasteiger partial charge is 0.233 e. The van der Waals surface area contributed by atoms with Crippen molar-refractivity contribution in [3.63, 3.8) is 0 Å². The Balaban J connectivity index is 1.56. The number of rotatable bonds is 3. The standard InChI is InChI=1S/C19H21BrN2OS/c20-16-6-4-15(5-7-16)19(8-2-9-19)18(23)22-11-1-3-14(13-22)17-21-10-12-24-17/h4-7,10,12,14H,1-3,8-9,11,13H2. The second-order valence-corrected chi connectivity index (χ2v) is 8.75. The second kappa shape index (κ2) is 6.60. The highest BCUT2D eigenvalue weighted by Crippen LogP contribution is 2.46. The predicted octanol–water partition coefficient (Wildman–Crippen LogP) is 4.73. The lowest BCUT2D eigenvalue weighted by Gasteiger charge is -2.45. The summed E-state index contributed by atoms with van der Waals surface area (Å²) in [5, 5.41) is 3.21. The fraction of sp³-hybridized carbons (Fsp3) is 0.474. The summed E-state index contributed by atoms with van der Waals surface area (Å²) in [7, 11) is 0. The minimum absolute atomic E-state index is 0.286. The van der Waals surface area contributed by atoms with Gasteiger partial charge in [-0.1, -0.05) is 34.5 Å². The fourth-order valence-electron chi connectivity index (χ4n) is 4.03. The number of likely N-dealkylation sites (tertiary alicyclic amines) is 1. The number of nitrogens with zero attached hydrogens (tertiary/aromatic N) is 2. The molecule has 5 heteroatoms. The zero-order valence-corrected chi connectivity index (χ0v) is 16.0. The normalized spacial score (nSPS) is 22.9. The summed E-state index contributed by atoms with van der Waals surface area (Å²) >= 11 is 5.21. The molecule has 24 heavy (non-hydrogen) atoms. The minimum Gasteiger partial charge on any atom is -0.341 e. The molecule has 2 aromatic rings. The van der Waals surface area contributed by atoms with Gasteiger partial charge in [0.05, 0.1) is 10.4 Å². The van der Waals surface area contributed by atoms with Gasteiger partial charge in [-0.15, -0.1) is 11.3 Å². The van der Waals surface area contributed by atoms with Crippen LogP contribution < -0.4 is 0 Å². The van der Waals surface area contributed by atoms with Crippen LogP contribution >= 0.6 is 27.3 Å². The maximum atomic E-state index is 13.4. The Morgan fingerprint density at radius 3 is 2.67 bits per heavy atom. The molecule has 1 unspecified atom stereocenters. The molecule has 0 spiro atoms. The number of carbonyl (C=O) groups is 1. The fourth-order valence-corrected chi connectivity index (χ4v) is 5.06. The van der Waals surface area contributed by atoms with E-state index in [4.69, 9.17) is 0 Å². The SMILES string of the molecule is O=C(N1CCCC(c2nccs2)C1)C1(c2ccc(Br)cc2)CCC1. The Kier molecular flexibility index (Phi) is 4.48. The van der Waals surface area contributed by atoms with Crippen LogP contribution in [-0.2, 0) is 10.2 Å². The van der Waals surface area contributed by atoms with E-state index in [0.29, 0.717) is 11.8 Å². The minimum atomic E-state index is -0.286. The Hall–Kier alpha value is -1.20. The number of benzene rings is 1. The van der Waals surface area contributed by atoms with Gasteiger partial charge in [0, 0.05) is 35.1 Å². The molecule has 126 valence electrons. The molecule has 0 bridgehead atoms. The number of amides is 1. The van der Waals surface area contributed by atoms with Crippen molar-refractivity contribution < 1.29 is 4.79 Å². The monoisotopic (exact) mass is 404 g/mol. The molecule has 1 saturated carbocycles. The van der Waals surface area contributed by atoms with Gasteiger partial charge in [0.25, 0.3) is 0 Å². The van der Waals surface area contributed by atoms with Gasteiger partial charge in [-0.25, -0.2) is 4.98 Å². The first kappa shape index (κ1) is 16.3. The first-order valence-electron chi connectivity index (χ1n) is 8.64. The molecule has 1 aliphatic carbocycles. The molecule has 2 aliphatic rings. The molecule has 3 nitrogen and oxygen atoms in total. The summed E-state index contributed by atoms with van der Waals surface area (Å²) in [4.78, 5) is 20.0. The van der Waals surface area contributed by atoms with Gasteiger partial charge >= 0.3 is 0 Å². The van der Waals surface area contributed by atoms with E-state index in [1.807, 2.05) is 11.6 Å². The number of carbonyl (C=O) groups excluding carboxylic acids is 1. The van der Waals surface area contributed by atoms with Gasteiger partial charge in [-0.2, -0.15) is 0 Å². The van der Waals surface area contributed by atoms with Crippen LogP contribution in [0, 0.1) is 0 Å². The number of hydrogen-bond donors (Lipinski definition) is 0. The quantitative estimate of drug-likeness (QED) is 0.740. The van der Waals surface area contributed by atoms with E-state index >= 15 is 0 Å². The summed E-state index contributed by atoms with van der Waals surface area (Å²) < 4.78 is 1.06. The lowest BCUT2D eigenvalue weighted by molar-refractivity contribution is -0.142. The van der Waals surface area contributed by atoms with Crippen molar-refractivity contribution in [1.82, 2.24) is 9.88 Å². The third-order valence-corrected chi connectivity index (χ3v) is 6.99. The molecule has 2 heterocycles. The van der Waals surface area contributed by atoms with Crippen molar-refractivity contribution in [2.75, 3.05) is 13.1 Å². The Morgan fingerprint density at radius 1 is 1.25 bits per heavy atom. The molecule has 1 atom stereocenters. The van der Waals surface area contributed by atoms with E-state index in [9.17, 15) is 4.79 Å². The summed E-state index contributed by atoms with van der Waals surface area (Å²) in [5.74, 6) is 0.738. The Morgan fingerprint density at radius 2 is 2.04 bits per heavy atom. The Labute approximate surface area is 155 Å². The van der Waals surface area contributed by atoms with Crippen LogP contribution in [0.3, 0.4) is 0 Å². The van der Waals surface area contributed by atoms with Crippen LogP contribution in [-0.4, -0.2) is 28.9 Å². The highest BCUT2D eigenvalue weighted by molar-refractivity contribution is 9.10. The van der Waals surface area contributed by atoms with Gasteiger partial charge in [-0.3, -0.25) is 4.79 Å².